The van der Waals surface area contributed by atoms with E-state index in [4.69, 9.17) is 4.74 Å². The van der Waals surface area contributed by atoms with Crippen LogP contribution in [0.15, 0.2) is 29.1 Å². The third kappa shape index (κ3) is 3.43. The SMILES string of the molecule is CNCC1Cn2c(cc(OCc3cccc(F)c3F)nc2=O)N1CC=O. The maximum atomic E-state index is 13.7. The fourth-order valence-corrected chi connectivity index (χ4v) is 3.00. The Bertz CT molecular complexity index is 872. The molecule has 1 unspecified atom stereocenters. The van der Waals surface area contributed by atoms with Crippen molar-refractivity contribution in [2.75, 3.05) is 25.0 Å². The van der Waals surface area contributed by atoms with Crippen LogP contribution in [0.3, 0.4) is 0 Å². The Morgan fingerprint density at radius 2 is 2.23 bits per heavy atom. The van der Waals surface area contributed by atoms with Gasteiger partial charge in [-0.3, -0.25) is 4.57 Å². The van der Waals surface area contributed by atoms with Gasteiger partial charge in [-0.1, -0.05) is 12.1 Å². The molecule has 7 nitrogen and oxygen atoms in total. The second-order valence-corrected chi connectivity index (χ2v) is 5.88. The van der Waals surface area contributed by atoms with Crippen LogP contribution in [0.5, 0.6) is 5.88 Å². The van der Waals surface area contributed by atoms with Crippen LogP contribution >= 0.6 is 0 Å². The largest absolute Gasteiger partial charge is 0.472 e. The fourth-order valence-electron chi connectivity index (χ4n) is 3.00. The summed E-state index contributed by atoms with van der Waals surface area (Å²) >= 11 is 0. The molecule has 3 rings (SSSR count). The van der Waals surface area contributed by atoms with Gasteiger partial charge in [-0.05, 0) is 13.1 Å². The highest BCUT2D eigenvalue weighted by molar-refractivity contribution is 5.61. The first-order chi connectivity index (χ1) is 12.5. The first-order valence-corrected chi connectivity index (χ1v) is 8.07. The van der Waals surface area contributed by atoms with E-state index in [9.17, 15) is 18.4 Å². The highest BCUT2D eigenvalue weighted by Crippen LogP contribution is 2.26. The second-order valence-electron chi connectivity index (χ2n) is 5.88. The molecule has 9 heteroatoms. The number of carbonyl (C=O) groups is 1. The zero-order valence-corrected chi connectivity index (χ0v) is 14.1. The average Bonchev–Trinajstić information content (AvgIpc) is 2.95. The second kappa shape index (κ2) is 7.61. The van der Waals surface area contributed by atoms with E-state index >= 15 is 0 Å². The van der Waals surface area contributed by atoms with Crippen molar-refractivity contribution in [2.45, 2.75) is 19.2 Å². The van der Waals surface area contributed by atoms with Gasteiger partial charge in [0, 0.05) is 18.2 Å². The normalized spacial score (nSPS) is 15.8. The third-order valence-corrected chi connectivity index (χ3v) is 4.21. The topological polar surface area (TPSA) is 76.5 Å². The number of hydrogen-bond donors (Lipinski definition) is 1. The Morgan fingerprint density at radius 1 is 1.42 bits per heavy atom. The minimum Gasteiger partial charge on any atom is -0.472 e. The van der Waals surface area contributed by atoms with Crippen LogP contribution in [0, 0.1) is 11.6 Å². The van der Waals surface area contributed by atoms with E-state index in [1.807, 2.05) is 0 Å². The van der Waals surface area contributed by atoms with Gasteiger partial charge in [0.1, 0.15) is 18.7 Å². The monoisotopic (exact) mass is 364 g/mol. The molecule has 1 aromatic carbocycles. The van der Waals surface area contributed by atoms with Gasteiger partial charge in [-0.15, -0.1) is 0 Å². The summed E-state index contributed by atoms with van der Waals surface area (Å²) < 4.78 is 33.8. The number of fused-ring (bicyclic) bond motifs is 1. The number of halogens is 2. The quantitative estimate of drug-likeness (QED) is 0.730. The van der Waals surface area contributed by atoms with Crippen LogP contribution in [0.2, 0.25) is 0 Å². The predicted octanol–water partition coefficient (Wildman–Crippen LogP) is 0.707. The van der Waals surface area contributed by atoms with E-state index in [1.54, 1.807) is 11.9 Å². The zero-order valence-electron chi connectivity index (χ0n) is 14.1. The van der Waals surface area contributed by atoms with Crippen molar-refractivity contribution in [1.29, 1.82) is 0 Å². The Morgan fingerprint density at radius 3 is 2.96 bits per heavy atom. The maximum absolute atomic E-state index is 13.7. The molecule has 138 valence electrons. The number of carbonyl (C=O) groups excluding carboxylic acids is 1. The number of likely N-dealkylation sites (N-methyl/N-ethyl adjacent to an activating group) is 1. The minimum atomic E-state index is -0.998. The van der Waals surface area contributed by atoms with Crippen molar-refractivity contribution >= 4 is 12.1 Å². The molecule has 1 aliphatic heterocycles. The lowest BCUT2D eigenvalue weighted by Crippen LogP contribution is -2.40. The van der Waals surface area contributed by atoms with Crippen molar-refractivity contribution < 1.29 is 18.3 Å². The number of aromatic nitrogens is 2. The molecule has 26 heavy (non-hydrogen) atoms. The van der Waals surface area contributed by atoms with Crippen LogP contribution in [0.4, 0.5) is 14.6 Å². The van der Waals surface area contributed by atoms with E-state index in [1.165, 1.54) is 22.8 Å². The van der Waals surface area contributed by atoms with Crippen LogP contribution in [0.25, 0.3) is 0 Å². The molecule has 0 saturated carbocycles. The minimum absolute atomic E-state index is 0.00841. The standard InChI is InChI=1S/C17H18F2N4O3/c1-20-8-12-9-23-15(22(12)5-6-24)7-14(21-17(23)25)26-10-11-3-2-4-13(18)16(11)19/h2-4,6-7,12,20H,5,8-10H2,1H3. The number of nitrogens with zero attached hydrogens (tertiary/aromatic N) is 3. The summed E-state index contributed by atoms with van der Waals surface area (Å²) in [4.78, 5) is 28.9. The molecule has 0 fully saturated rings. The zero-order chi connectivity index (χ0) is 18.7. The van der Waals surface area contributed by atoms with E-state index in [0.29, 0.717) is 18.9 Å². The first-order valence-electron chi connectivity index (χ1n) is 8.07. The molecule has 0 amide bonds. The lowest BCUT2D eigenvalue weighted by Gasteiger charge is -2.23. The Kier molecular flexibility index (Phi) is 5.27. The van der Waals surface area contributed by atoms with Crippen LogP contribution in [0.1, 0.15) is 5.56 Å². The van der Waals surface area contributed by atoms with Gasteiger partial charge >= 0.3 is 5.69 Å². The highest BCUT2D eigenvalue weighted by Gasteiger charge is 2.30. The number of aldehydes is 1. The molecule has 2 heterocycles. The molecule has 1 atom stereocenters. The molecule has 1 aliphatic rings. The lowest BCUT2D eigenvalue weighted by molar-refractivity contribution is -0.106. The van der Waals surface area contributed by atoms with Crippen molar-refractivity contribution in [1.82, 2.24) is 14.9 Å². The van der Waals surface area contributed by atoms with E-state index < -0.39 is 17.3 Å². The molecular weight excluding hydrogens is 346 g/mol. The van der Waals surface area contributed by atoms with Crippen molar-refractivity contribution in [3.05, 3.63) is 51.9 Å². The summed E-state index contributed by atoms with van der Waals surface area (Å²) in [5, 5.41) is 3.02. The van der Waals surface area contributed by atoms with Crippen LogP contribution in [-0.4, -0.2) is 42.0 Å². The predicted molar refractivity (Wildman–Crippen MR) is 90.3 cm³/mol. The van der Waals surface area contributed by atoms with Crippen LogP contribution in [-0.2, 0) is 17.9 Å². The number of nitrogens with one attached hydrogen (secondary N) is 1. The number of ether oxygens (including phenoxy) is 1. The summed E-state index contributed by atoms with van der Waals surface area (Å²) in [7, 11) is 1.78. The number of hydrogen-bond acceptors (Lipinski definition) is 6. The van der Waals surface area contributed by atoms with Gasteiger partial charge in [0.15, 0.2) is 11.6 Å². The number of anilines is 1. The number of benzene rings is 1. The number of rotatable bonds is 7. The van der Waals surface area contributed by atoms with Gasteiger partial charge < -0.3 is 19.7 Å². The van der Waals surface area contributed by atoms with Gasteiger partial charge in [0.05, 0.1) is 19.1 Å². The van der Waals surface area contributed by atoms with E-state index in [2.05, 4.69) is 10.3 Å². The molecule has 1 aromatic heterocycles. The Labute approximate surface area is 148 Å². The molecular formula is C17H18F2N4O3. The van der Waals surface area contributed by atoms with Gasteiger partial charge in [0.25, 0.3) is 0 Å². The summed E-state index contributed by atoms with van der Waals surface area (Å²) in [5.41, 5.74) is -0.503. The van der Waals surface area contributed by atoms with E-state index in [-0.39, 0.29) is 30.6 Å². The molecule has 0 saturated heterocycles. The molecule has 1 N–H and O–H groups in total. The van der Waals surface area contributed by atoms with E-state index in [0.717, 1.165) is 12.4 Å². The Balaban J connectivity index is 1.85. The third-order valence-electron chi connectivity index (χ3n) is 4.21. The average molecular weight is 364 g/mol. The Hall–Kier alpha value is -2.81. The van der Waals surface area contributed by atoms with Gasteiger partial charge in [-0.2, -0.15) is 4.98 Å². The van der Waals surface area contributed by atoms with Gasteiger partial charge in [0.2, 0.25) is 5.88 Å². The van der Waals surface area contributed by atoms with Crippen LogP contribution < -0.4 is 20.6 Å². The first kappa shape index (κ1) is 18.0. The maximum Gasteiger partial charge on any atom is 0.352 e. The molecule has 0 aliphatic carbocycles. The van der Waals surface area contributed by atoms with Crippen molar-refractivity contribution in [3.63, 3.8) is 0 Å². The smallest absolute Gasteiger partial charge is 0.352 e. The summed E-state index contributed by atoms with van der Waals surface area (Å²) in [6, 6.07) is 5.22. The molecule has 0 bridgehead atoms. The summed E-state index contributed by atoms with van der Waals surface area (Å²) in [6.45, 7) is 0.829. The van der Waals surface area contributed by atoms with Crippen molar-refractivity contribution in [2.24, 2.45) is 0 Å². The summed E-state index contributed by atoms with van der Waals surface area (Å²) in [5.74, 6) is -1.47. The molecule has 2 aromatic rings. The molecule has 0 spiro atoms. The molecule has 0 radical (unpaired) electrons. The highest BCUT2D eigenvalue weighted by atomic mass is 19.2. The van der Waals surface area contributed by atoms with Crippen molar-refractivity contribution in [3.8, 4) is 5.88 Å². The van der Waals surface area contributed by atoms with Gasteiger partial charge in [-0.25, -0.2) is 13.6 Å². The summed E-state index contributed by atoms with van der Waals surface area (Å²) in [6.07, 6.45) is 0.756. The fraction of sp³-hybridized carbons (Fsp3) is 0.353. The lowest BCUT2D eigenvalue weighted by atomic mass is 10.2.